The molecular formula is C3H10N2O3. The van der Waals surface area contributed by atoms with Crippen molar-refractivity contribution < 1.29 is 15.3 Å². The second-order valence-electron chi connectivity index (χ2n) is 1.19. The summed E-state index contributed by atoms with van der Waals surface area (Å²) in [6.07, 6.45) is 0. The first-order valence-electron chi connectivity index (χ1n) is 2.22. The zero-order valence-corrected chi connectivity index (χ0v) is 4.66. The highest BCUT2D eigenvalue weighted by molar-refractivity contribution is 4.29. The van der Waals surface area contributed by atoms with Crippen LogP contribution in [0.2, 0.25) is 0 Å². The van der Waals surface area contributed by atoms with E-state index in [4.69, 9.17) is 10.4 Å². The Hall–Kier alpha value is -0.200. The van der Waals surface area contributed by atoms with E-state index in [0.717, 1.165) is 0 Å². The minimum Gasteiger partial charge on any atom is -0.317 e. The van der Waals surface area contributed by atoms with Gasteiger partial charge >= 0.3 is 0 Å². The molecule has 3 N–H and O–H groups in total. The van der Waals surface area contributed by atoms with Gasteiger partial charge in [0.1, 0.15) is 0 Å². The summed E-state index contributed by atoms with van der Waals surface area (Å²) in [7, 11) is 1.74. The van der Waals surface area contributed by atoms with Crippen LogP contribution in [0, 0.1) is 0 Å². The quantitative estimate of drug-likeness (QED) is 0.337. The standard InChI is InChI=1S/C3H10N2O3/c1-4-2-3-8-5(6)7/h4,6-7H,2-3H2,1H3. The van der Waals surface area contributed by atoms with Crippen LogP contribution >= 0.6 is 0 Å². The minimum atomic E-state index is -0.308. The molecule has 0 rings (SSSR count). The Bertz CT molecular complexity index is 49.8. The van der Waals surface area contributed by atoms with Gasteiger partial charge in [0.25, 0.3) is 0 Å². The van der Waals surface area contributed by atoms with E-state index in [-0.39, 0.29) is 12.0 Å². The van der Waals surface area contributed by atoms with Gasteiger partial charge in [0.15, 0.2) is 0 Å². The number of nitrogens with zero attached hydrogens (tertiary/aromatic N) is 1. The fourth-order valence-corrected chi connectivity index (χ4v) is 0.229. The Morgan fingerprint density at radius 1 is 1.62 bits per heavy atom. The molecule has 0 atom stereocenters. The molecule has 0 unspecified atom stereocenters. The van der Waals surface area contributed by atoms with Gasteiger partial charge in [-0.25, -0.2) is 4.84 Å². The molecule has 0 heterocycles. The first-order valence-corrected chi connectivity index (χ1v) is 2.22. The van der Waals surface area contributed by atoms with Gasteiger partial charge < -0.3 is 5.32 Å². The maximum Gasteiger partial charge on any atom is 0.0860 e. The molecule has 8 heavy (non-hydrogen) atoms. The average molecular weight is 122 g/mol. The number of likely N-dealkylation sites (N-methyl/N-ethyl adjacent to an activating group) is 1. The number of rotatable bonds is 4. The zero-order valence-electron chi connectivity index (χ0n) is 4.66. The van der Waals surface area contributed by atoms with Crippen molar-refractivity contribution in [1.82, 2.24) is 10.7 Å². The Morgan fingerprint density at radius 3 is 2.62 bits per heavy atom. The van der Waals surface area contributed by atoms with Crippen molar-refractivity contribution >= 4 is 0 Å². The highest BCUT2D eigenvalue weighted by Gasteiger charge is 1.89. The highest BCUT2D eigenvalue weighted by atomic mass is 17.1. The molecule has 0 aliphatic carbocycles. The molecule has 0 amide bonds. The molecular weight excluding hydrogens is 112 g/mol. The summed E-state index contributed by atoms with van der Waals surface area (Å²) in [6, 6.07) is 0. The van der Waals surface area contributed by atoms with Gasteiger partial charge in [0, 0.05) is 6.54 Å². The van der Waals surface area contributed by atoms with Gasteiger partial charge in [-0.3, -0.25) is 10.4 Å². The van der Waals surface area contributed by atoms with Gasteiger partial charge in [0.05, 0.1) is 12.0 Å². The van der Waals surface area contributed by atoms with Crippen molar-refractivity contribution in [3.63, 3.8) is 0 Å². The van der Waals surface area contributed by atoms with Gasteiger partial charge in [0.2, 0.25) is 0 Å². The van der Waals surface area contributed by atoms with Crippen molar-refractivity contribution in [1.29, 1.82) is 0 Å². The number of nitrogens with one attached hydrogen (secondary N) is 1. The molecule has 0 aliphatic heterocycles. The normalized spacial score (nSPS) is 10.5. The van der Waals surface area contributed by atoms with E-state index < -0.39 is 0 Å². The molecule has 0 aromatic rings. The lowest BCUT2D eigenvalue weighted by molar-refractivity contribution is -0.491. The van der Waals surface area contributed by atoms with Crippen LogP contribution in [0.4, 0.5) is 0 Å². The number of hydrogen-bond acceptors (Lipinski definition) is 5. The molecule has 0 saturated carbocycles. The van der Waals surface area contributed by atoms with E-state index in [9.17, 15) is 0 Å². The molecule has 0 spiro atoms. The van der Waals surface area contributed by atoms with E-state index in [1.165, 1.54) is 0 Å². The molecule has 50 valence electrons. The van der Waals surface area contributed by atoms with Crippen molar-refractivity contribution in [2.24, 2.45) is 0 Å². The molecule has 0 aliphatic rings. The molecule has 0 saturated heterocycles. The van der Waals surface area contributed by atoms with Crippen LogP contribution in [0.25, 0.3) is 0 Å². The van der Waals surface area contributed by atoms with E-state index in [1.807, 2.05) is 0 Å². The monoisotopic (exact) mass is 122 g/mol. The maximum absolute atomic E-state index is 7.92. The highest BCUT2D eigenvalue weighted by Crippen LogP contribution is 1.72. The van der Waals surface area contributed by atoms with Crippen LogP contribution in [0.15, 0.2) is 0 Å². The molecule has 5 nitrogen and oxygen atoms in total. The summed E-state index contributed by atoms with van der Waals surface area (Å²) in [5, 5.41) is 18.3. The lowest BCUT2D eigenvalue weighted by Crippen LogP contribution is -2.21. The topological polar surface area (TPSA) is 65.0 Å². The summed E-state index contributed by atoms with van der Waals surface area (Å²) in [6.45, 7) is 0.821. The maximum atomic E-state index is 7.92. The summed E-state index contributed by atoms with van der Waals surface area (Å²) in [5.74, 6) is 0. The molecule has 5 heteroatoms. The first kappa shape index (κ1) is 7.80. The fraction of sp³-hybridized carbons (Fsp3) is 1.00. The Kier molecular flexibility index (Phi) is 4.82. The van der Waals surface area contributed by atoms with E-state index in [2.05, 4.69) is 10.2 Å². The second kappa shape index (κ2) is 4.95. The van der Waals surface area contributed by atoms with E-state index >= 15 is 0 Å². The predicted octanol–water partition coefficient (Wildman–Crippen LogP) is -0.782. The predicted molar refractivity (Wildman–Crippen MR) is 25.3 cm³/mol. The Labute approximate surface area is 47.3 Å². The van der Waals surface area contributed by atoms with Gasteiger partial charge in [-0.15, -0.1) is 0 Å². The van der Waals surface area contributed by atoms with E-state index in [0.29, 0.717) is 6.54 Å². The third-order valence-corrected chi connectivity index (χ3v) is 0.559. The Morgan fingerprint density at radius 2 is 2.25 bits per heavy atom. The third-order valence-electron chi connectivity index (χ3n) is 0.559. The summed E-state index contributed by atoms with van der Waals surface area (Å²) >= 11 is 0. The third kappa shape index (κ3) is 5.80. The van der Waals surface area contributed by atoms with Crippen molar-refractivity contribution in [2.75, 3.05) is 20.2 Å². The smallest absolute Gasteiger partial charge is 0.0860 e. The molecule has 0 fully saturated rings. The van der Waals surface area contributed by atoms with Crippen molar-refractivity contribution in [2.45, 2.75) is 0 Å². The number of hydrogen-bond donors (Lipinski definition) is 3. The second-order valence-corrected chi connectivity index (χ2v) is 1.19. The molecule has 0 aromatic heterocycles. The van der Waals surface area contributed by atoms with Crippen LogP contribution in [-0.2, 0) is 4.84 Å². The molecule has 0 bridgehead atoms. The zero-order chi connectivity index (χ0) is 6.41. The minimum absolute atomic E-state index is 0.240. The van der Waals surface area contributed by atoms with Gasteiger partial charge in [-0.1, -0.05) is 0 Å². The van der Waals surface area contributed by atoms with Crippen LogP contribution < -0.4 is 5.32 Å². The lowest BCUT2D eigenvalue weighted by Gasteiger charge is -2.03. The fourth-order valence-electron chi connectivity index (χ4n) is 0.229. The van der Waals surface area contributed by atoms with Crippen LogP contribution in [-0.4, -0.2) is 36.0 Å². The molecule has 0 aromatic carbocycles. The summed E-state index contributed by atoms with van der Waals surface area (Å²) < 4.78 is 0. The summed E-state index contributed by atoms with van der Waals surface area (Å²) in [5.41, 5.74) is 0. The Balaban J connectivity index is 2.72. The van der Waals surface area contributed by atoms with Crippen LogP contribution in [0.3, 0.4) is 0 Å². The average Bonchev–Trinajstić information content (AvgIpc) is 1.66. The lowest BCUT2D eigenvalue weighted by atomic mass is 10.7. The molecule has 0 radical (unpaired) electrons. The largest absolute Gasteiger partial charge is 0.317 e. The summed E-state index contributed by atoms with van der Waals surface area (Å²) in [4.78, 5) is 4.16. The van der Waals surface area contributed by atoms with E-state index in [1.54, 1.807) is 7.05 Å². The van der Waals surface area contributed by atoms with Gasteiger partial charge in [-0.05, 0) is 7.05 Å². The van der Waals surface area contributed by atoms with Gasteiger partial charge in [-0.2, -0.15) is 0 Å². The van der Waals surface area contributed by atoms with Crippen molar-refractivity contribution in [3.05, 3.63) is 0 Å². The SMILES string of the molecule is CNCCON(O)O. The van der Waals surface area contributed by atoms with Crippen molar-refractivity contribution in [3.8, 4) is 0 Å². The van der Waals surface area contributed by atoms with Crippen LogP contribution in [0.1, 0.15) is 0 Å². The first-order chi connectivity index (χ1) is 3.77. The van der Waals surface area contributed by atoms with Crippen LogP contribution in [0.5, 0.6) is 0 Å².